The van der Waals surface area contributed by atoms with Crippen LogP contribution in [0.4, 0.5) is 0 Å². The zero-order valence-corrected chi connectivity index (χ0v) is 12.9. The van der Waals surface area contributed by atoms with Crippen molar-refractivity contribution in [3.63, 3.8) is 0 Å². The van der Waals surface area contributed by atoms with Gasteiger partial charge in [-0.05, 0) is 35.4 Å². The first-order chi connectivity index (χ1) is 8.74. The van der Waals surface area contributed by atoms with E-state index in [1.807, 2.05) is 36.4 Å². The molecule has 2 rings (SSSR count). The Kier molecular flexibility index (Phi) is 4.97. The smallest absolute Gasteiger partial charge is 0.0175 e. The highest BCUT2D eigenvalue weighted by Crippen LogP contribution is 2.13. The molecule has 0 heterocycles. The van der Waals surface area contributed by atoms with E-state index in [4.69, 9.17) is 0 Å². The van der Waals surface area contributed by atoms with Gasteiger partial charge in [0.1, 0.15) is 0 Å². The second-order valence-corrected chi connectivity index (χ2v) is 5.65. The molecule has 0 N–H and O–H groups in total. The molecule has 0 atom stereocenters. The van der Waals surface area contributed by atoms with Crippen molar-refractivity contribution in [3.8, 4) is 0 Å². The molecule has 2 heteroatoms. The second-order valence-electron chi connectivity index (χ2n) is 3.82. The summed E-state index contributed by atoms with van der Waals surface area (Å²) in [4.78, 5) is 0. The number of hydrogen-bond acceptors (Lipinski definition) is 0. The fourth-order valence-corrected chi connectivity index (χ4v) is 2.01. The highest BCUT2D eigenvalue weighted by molar-refractivity contribution is 9.10. The molecule has 2 aromatic rings. The largest absolute Gasteiger partial charge is 0.0617 e. The normalized spacial score (nSPS) is 11.4. The average molecular weight is 364 g/mol. The molecule has 0 aromatic heterocycles. The van der Waals surface area contributed by atoms with Crippen molar-refractivity contribution < 1.29 is 0 Å². The lowest BCUT2D eigenvalue weighted by Gasteiger charge is -1.93. The van der Waals surface area contributed by atoms with E-state index < -0.39 is 0 Å². The quantitative estimate of drug-likeness (QED) is 0.592. The summed E-state index contributed by atoms with van der Waals surface area (Å²) < 4.78 is 2.20. The van der Waals surface area contributed by atoms with Crippen molar-refractivity contribution in [1.82, 2.24) is 0 Å². The topological polar surface area (TPSA) is 0 Å². The van der Waals surface area contributed by atoms with Crippen LogP contribution >= 0.6 is 31.9 Å². The van der Waals surface area contributed by atoms with E-state index in [2.05, 4.69) is 68.3 Å². The number of allylic oxidation sites excluding steroid dienone is 2. The van der Waals surface area contributed by atoms with Crippen LogP contribution < -0.4 is 0 Å². The molecule has 2 aromatic carbocycles. The van der Waals surface area contributed by atoms with Crippen LogP contribution in [0.3, 0.4) is 0 Å². The Bertz CT molecular complexity index is 495. The summed E-state index contributed by atoms with van der Waals surface area (Å²) in [6.07, 6.45) is 8.26. The van der Waals surface area contributed by atoms with Crippen molar-refractivity contribution in [2.75, 3.05) is 0 Å². The number of benzene rings is 2. The molecule has 0 radical (unpaired) electrons. The Morgan fingerprint density at radius 2 is 0.889 bits per heavy atom. The van der Waals surface area contributed by atoms with Crippen molar-refractivity contribution in [3.05, 3.63) is 80.8 Å². The SMILES string of the molecule is Brc1ccc(C=C/C=C/c2ccc(Br)cc2)cc1. The lowest BCUT2D eigenvalue weighted by molar-refractivity contribution is 1.61. The Hall–Kier alpha value is -1.12. The number of rotatable bonds is 3. The van der Waals surface area contributed by atoms with Gasteiger partial charge < -0.3 is 0 Å². The van der Waals surface area contributed by atoms with Gasteiger partial charge in [0.15, 0.2) is 0 Å². The Balaban J connectivity index is 1.98. The lowest BCUT2D eigenvalue weighted by Crippen LogP contribution is -1.71. The summed E-state index contributed by atoms with van der Waals surface area (Å²) >= 11 is 6.84. The minimum atomic E-state index is 1.10. The highest BCUT2D eigenvalue weighted by atomic mass is 79.9. The van der Waals surface area contributed by atoms with Crippen LogP contribution in [0.15, 0.2) is 69.6 Å². The molecule has 0 nitrogen and oxygen atoms in total. The van der Waals surface area contributed by atoms with Gasteiger partial charge in [-0.1, -0.05) is 80.4 Å². The van der Waals surface area contributed by atoms with Gasteiger partial charge in [0.2, 0.25) is 0 Å². The third-order valence-electron chi connectivity index (χ3n) is 2.43. The van der Waals surface area contributed by atoms with Crippen molar-refractivity contribution in [2.24, 2.45) is 0 Å². The average Bonchev–Trinajstić information content (AvgIpc) is 2.39. The zero-order chi connectivity index (χ0) is 12.8. The minimum absolute atomic E-state index is 1.10. The molecule has 0 aliphatic heterocycles. The van der Waals surface area contributed by atoms with Gasteiger partial charge in [-0.2, -0.15) is 0 Å². The molecular formula is C16H12Br2. The fourth-order valence-electron chi connectivity index (χ4n) is 1.48. The summed E-state index contributed by atoms with van der Waals surface area (Å²) in [5.41, 5.74) is 2.39. The summed E-state index contributed by atoms with van der Waals surface area (Å²) in [6.45, 7) is 0. The first kappa shape index (κ1) is 13.3. The van der Waals surface area contributed by atoms with Crippen LogP contribution in [0.2, 0.25) is 0 Å². The standard InChI is InChI=1S/C16H12Br2/c17-15-9-5-13(6-10-15)3-1-2-4-14-7-11-16(18)12-8-14/h1-12H/b3-1+,4-2?. The van der Waals surface area contributed by atoms with Gasteiger partial charge in [-0.3, -0.25) is 0 Å². The van der Waals surface area contributed by atoms with Crippen molar-refractivity contribution in [2.45, 2.75) is 0 Å². The fraction of sp³-hybridized carbons (Fsp3) is 0. The van der Waals surface area contributed by atoms with Gasteiger partial charge in [-0.25, -0.2) is 0 Å². The molecule has 0 spiro atoms. The lowest BCUT2D eigenvalue weighted by atomic mass is 10.2. The zero-order valence-electron chi connectivity index (χ0n) is 9.68. The molecule has 0 aliphatic carbocycles. The van der Waals surface area contributed by atoms with Gasteiger partial charge in [0.25, 0.3) is 0 Å². The molecule has 0 aliphatic rings. The van der Waals surface area contributed by atoms with E-state index in [0.717, 1.165) is 8.95 Å². The van der Waals surface area contributed by atoms with Crippen LogP contribution in [-0.4, -0.2) is 0 Å². The van der Waals surface area contributed by atoms with Gasteiger partial charge in [-0.15, -0.1) is 0 Å². The first-order valence-corrected chi connectivity index (χ1v) is 7.18. The predicted molar refractivity (Wildman–Crippen MR) is 86.4 cm³/mol. The molecule has 0 fully saturated rings. The Morgan fingerprint density at radius 1 is 0.556 bits per heavy atom. The summed E-state index contributed by atoms with van der Waals surface area (Å²) in [5, 5.41) is 0. The monoisotopic (exact) mass is 362 g/mol. The van der Waals surface area contributed by atoms with Crippen molar-refractivity contribution >= 4 is 44.0 Å². The van der Waals surface area contributed by atoms with Gasteiger partial charge in [0, 0.05) is 8.95 Å². The summed E-state index contributed by atoms with van der Waals surface area (Å²) in [6, 6.07) is 16.5. The van der Waals surface area contributed by atoms with Crippen LogP contribution in [0.25, 0.3) is 12.2 Å². The van der Waals surface area contributed by atoms with E-state index in [1.165, 1.54) is 11.1 Å². The van der Waals surface area contributed by atoms with Crippen LogP contribution in [0.5, 0.6) is 0 Å². The maximum atomic E-state index is 3.42. The summed E-state index contributed by atoms with van der Waals surface area (Å²) in [5.74, 6) is 0. The van der Waals surface area contributed by atoms with Crippen LogP contribution in [0.1, 0.15) is 11.1 Å². The molecular weight excluding hydrogens is 352 g/mol. The summed E-state index contributed by atoms with van der Waals surface area (Å²) in [7, 11) is 0. The molecule has 0 bridgehead atoms. The maximum Gasteiger partial charge on any atom is 0.0175 e. The van der Waals surface area contributed by atoms with E-state index in [9.17, 15) is 0 Å². The maximum absolute atomic E-state index is 3.42. The Morgan fingerprint density at radius 3 is 1.22 bits per heavy atom. The van der Waals surface area contributed by atoms with Crippen molar-refractivity contribution in [1.29, 1.82) is 0 Å². The molecule has 90 valence electrons. The van der Waals surface area contributed by atoms with E-state index in [0.29, 0.717) is 0 Å². The molecule has 18 heavy (non-hydrogen) atoms. The molecule has 0 unspecified atom stereocenters. The van der Waals surface area contributed by atoms with Crippen LogP contribution in [-0.2, 0) is 0 Å². The van der Waals surface area contributed by atoms with Gasteiger partial charge in [0.05, 0.1) is 0 Å². The molecule has 0 saturated heterocycles. The minimum Gasteiger partial charge on any atom is -0.0617 e. The molecule has 0 amide bonds. The van der Waals surface area contributed by atoms with E-state index >= 15 is 0 Å². The predicted octanol–water partition coefficient (Wildman–Crippen LogP) is 5.94. The Labute approximate surface area is 124 Å². The third kappa shape index (κ3) is 4.28. The van der Waals surface area contributed by atoms with E-state index in [-0.39, 0.29) is 0 Å². The third-order valence-corrected chi connectivity index (χ3v) is 3.49. The van der Waals surface area contributed by atoms with Gasteiger partial charge >= 0.3 is 0 Å². The number of hydrogen-bond donors (Lipinski definition) is 0. The second kappa shape index (κ2) is 6.72. The van der Waals surface area contributed by atoms with E-state index in [1.54, 1.807) is 0 Å². The van der Waals surface area contributed by atoms with Crippen LogP contribution in [0, 0.1) is 0 Å². The molecule has 0 saturated carbocycles. The highest BCUT2D eigenvalue weighted by Gasteiger charge is 1.87. The first-order valence-electron chi connectivity index (χ1n) is 5.60. The number of halogens is 2.